The molecule has 24 heavy (non-hydrogen) atoms. The summed E-state index contributed by atoms with van der Waals surface area (Å²) >= 11 is 0. The van der Waals surface area contributed by atoms with Gasteiger partial charge in [0.15, 0.2) is 0 Å². The molecule has 0 saturated heterocycles. The van der Waals surface area contributed by atoms with Crippen LogP contribution in [0.15, 0.2) is 90.2 Å². The van der Waals surface area contributed by atoms with Crippen LogP contribution in [0.2, 0.25) is 0 Å². The molecule has 118 valence electrons. The van der Waals surface area contributed by atoms with Crippen LogP contribution in [0.25, 0.3) is 22.0 Å². The molecule has 0 unspecified atom stereocenters. The van der Waals surface area contributed by atoms with E-state index >= 15 is 0 Å². The van der Waals surface area contributed by atoms with Crippen molar-refractivity contribution in [3.05, 3.63) is 85.3 Å². The Kier molecular flexibility index (Phi) is 3.43. The lowest BCUT2D eigenvalue weighted by Gasteiger charge is -2.07. The van der Waals surface area contributed by atoms with Gasteiger partial charge in [-0.1, -0.05) is 42.5 Å². The number of hydrogen-bond acceptors (Lipinski definition) is 3. The maximum atomic E-state index is 13.0. The standard InChI is InChI=1S/C19H14N2O2S/c22-24(23,16-8-2-1-3-9-16)21-14-18(15-7-6-12-20-13-15)17-10-4-5-11-19(17)21/h1-14H. The van der Waals surface area contributed by atoms with Crippen LogP contribution in [0.3, 0.4) is 0 Å². The Balaban J connectivity index is 2.01. The average Bonchev–Trinajstić information content (AvgIpc) is 3.04. The molecule has 0 bridgehead atoms. The molecule has 2 aromatic carbocycles. The highest BCUT2D eigenvalue weighted by atomic mass is 32.2. The summed E-state index contributed by atoms with van der Waals surface area (Å²) in [5, 5.41) is 0.880. The second-order valence-electron chi connectivity index (χ2n) is 5.42. The molecular weight excluding hydrogens is 320 g/mol. The van der Waals surface area contributed by atoms with Gasteiger partial charge in [-0.3, -0.25) is 4.98 Å². The second kappa shape index (κ2) is 5.62. The molecule has 0 radical (unpaired) electrons. The summed E-state index contributed by atoms with van der Waals surface area (Å²) in [6, 6.07) is 19.7. The Bertz CT molecular complexity index is 1100. The minimum Gasteiger partial charge on any atom is -0.264 e. The Hall–Kier alpha value is -2.92. The third-order valence-electron chi connectivity index (χ3n) is 3.95. The monoisotopic (exact) mass is 334 g/mol. The summed E-state index contributed by atoms with van der Waals surface area (Å²) in [6.45, 7) is 0. The highest BCUT2D eigenvalue weighted by molar-refractivity contribution is 7.90. The van der Waals surface area contributed by atoms with Crippen LogP contribution in [0, 0.1) is 0 Å². The zero-order valence-electron chi connectivity index (χ0n) is 12.7. The fourth-order valence-electron chi connectivity index (χ4n) is 2.81. The van der Waals surface area contributed by atoms with E-state index in [9.17, 15) is 8.42 Å². The summed E-state index contributed by atoms with van der Waals surface area (Å²) in [4.78, 5) is 4.41. The lowest BCUT2D eigenvalue weighted by molar-refractivity contribution is 0.589. The third-order valence-corrected chi connectivity index (χ3v) is 5.64. The van der Waals surface area contributed by atoms with Crippen LogP contribution in [0.4, 0.5) is 0 Å². The highest BCUT2D eigenvalue weighted by Gasteiger charge is 2.21. The maximum absolute atomic E-state index is 13.0. The van der Waals surface area contributed by atoms with Crippen molar-refractivity contribution in [2.24, 2.45) is 0 Å². The molecule has 0 amide bonds. The zero-order valence-corrected chi connectivity index (χ0v) is 13.5. The minimum atomic E-state index is -3.66. The first-order valence-corrected chi connectivity index (χ1v) is 8.93. The molecule has 0 saturated carbocycles. The normalized spacial score (nSPS) is 11.7. The van der Waals surface area contributed by atoms with Gasteiger partial charge in [0.1, 0.15) is 0 Å². The number of fused-ring (bicyclic) bond motifs is 1. The minimum absolute atomic E-state index is 0.267. The number of para-hydroxylation sites is 1. The van der Waals surface area contributed by atoms with Crippen molar-refractivity contribution in [2.75, 3.05) is 0 Å². The smallest absolute Gasteiger partial charge is 0.264 e. The van der Waals surface area contributed by atoms with Gasteiger partial charge in [-0.25, -0.2) is 12.4 Å². The summed E-state index contributed by atoms with van der Waals surface area (Å²) in [6.07, 6.45) is 5.11. The van der Waals surface area contributed by atoms with Crippen LogP contribution < -0.4 is 0 Å². The van der Waals surface area contributed by atoms with E-state index in [0.717, 1.165) is 16.5 Å². The number of benzene rings is 2. The molecule has 0 atom stereocenters. The van der Waals surface area contributed by atoms with Gasteiger partial charge in [0, 0.05) is 35.1 Å². The molecule has 5 heteroatoms. The van der Waals surface area contributed by atoms with E-state index in [1.807, 2.05) is 36.4 Å². The molecule has 0 aliphatic rings. The quantitative estimate of drug-likeness (QED) is 0.570. The average molecular weight is 334 g/mol. The summed E-state index contributed by atoms with van der Waals surface area (Å²) in [5.41, 5.74) is 2.38. The molecular formula is C19H14N2O2S. The van der Waals surface area contributed by atoms with E-state index in [1.165, 1.54) is 3.97 Å². The van der Waals surface area contributed by atoms with Crippen molar-refractivity contribution < 1.29 is 8.42 Å². The van der Waals surface area contributed by atoms with E-state index < -0.39 is 10.0 Å². The molecule has 0 aliphatic carbocycles. The Morgan fingerprint density at radius 2 is 1.58 bits per heavy atom. The number of hydrogen-bond donors (Lipinski definition) is 0. The van der Waals surface area contributed by atoms with Crippen molar-refractivity contribution in [1.82, 2.24) is 8.96 Å². The van der Waals surface area contributed by atoms with E-state index in [0.29, 0.717) is 5.52 Å². The van der Waals surface area contributed by atoms with Gasteiger partial charge in [-0.2, -0.15) is 0 Å². The SMILES string of the molecule is O=S(=O)(c1ccccc1)n1cc(-c2cccnc2)c2ccccc21. The largest absolute Gasteiger partial charge is 0.268 e. The molecule has 2 heterocycles. The van der Waals surface area contributed by atoms with Crippen molar-refractivity contribution in [3.63, 3.8) is 0 Å². The molecule has 0 spiro atoms. The van der Waals surface area contributed by atoms with Crippen molar-refractivity contribution in [3.8, 4) is 11.1 Å². The van der Waals surface area contributed by atoms with Gasteiger partial charge in [0.05, 0.1) is 10.4 Å². The summed E-state index contributed by atoms with van der Waals surface area (Å²) in [5.74, 6) is 0. The summed E-state index contributed by atoms with van der Waals surface area (Å²) < 4.78 is 27.4. The van der Waals surface area contributed by atoms with E-state index in [-0.39, 0.29) is 4.90 Å². The number of nitrogens with zero attached hydrogens (tertiary/aromatic N) is 2. The van der Waals surface area contributed by atoms with Crippen molar-refractivity contribution in [2.45, 2.75) is 4.90 Å². The van der Waals surface area contributed by atoms with Crippen molar-refractivity contribution in [1.29, 1.82) is 0 Å². The molecule has 2 aromatic heterocycles. The lowest BCUT2D eigenvalue weighted by atomic mass is 10.1. The molecule has 4 nitrogen and oxygen atoms in total. The molecule has 0 N–H and O–H groups in total. The first-order valence-electron chi connectivity index (χ1n) is 7.49. The summed E-state index contributed by atoms with van der Waals surface area (Å²) in [7, 11) is -3.66. The molecule has 4 aromatic rings. The van der Waals surface area contributed by atoms with Gasteiger partial charge < -0.3 is 0 Å². The maximum Gasteiger partial charge on any atom is 0.268 e. The molecule has 0 aliphatic heterocycles. The van der Waals surface area contributed by atoms with E-state index in [2.05, 4.69) is 4.98 Å². The zero-order chi connectivity index (χ0) is 16.6. The number of rotatable bonds is 3. The van der Waals surface area contributed by atoms with Crippen molar-refractivity contribution >= 4 is 20.9 Å². The number of aromatic nitrogens is 2. The predicted octanol–water partition coefficient (Wildman–Crippen LogP) is 3.94. The van der Waals surface area contributed by atoms with Crippen LogP contribution in [0.5, 0.6) is 0 Å². The first kappa shape index (κ1) is 14.7. The number of pyridine rings is 1. The predicted molar refractivity (Wildman–Crippen MR) is 94.2 cm³/mol. The van der Waals surface area contributed by atoms with Crippen LogP contribution in [-0.4, -0.2) is 17.4 Å². The Morgan fingerprint density at radius 3 is 2.33 bits per heavy atom. The van der Waals surface area contributed by atoms with Gasteiger partial charge in [-0.05, 0) is 24.3 Å². The first-order chi connectivity index (χ1) is 11.7. The van der Waals surface area contributed by atoms with Gasteiger partial charge in [-0.15, -0.1) is 0 Å². The van der Waals surface area contributed by atoms with Gasteiger partial charge >= 0.3 is 0 Å². The van der Waals surface area contributed by atoms with Crippen LogP contribution in [0.1, 0.15) is 0 Å². The topological polar surface area (TPSA) is 52.0 Å². The molecule has 0 fully saturated rings. The van der Waals surface area contributed by atoms with Crippen LogP contribution >= 0.6 is 0 Å². The highest BCUT2D eigenvalue weighted by Crippen LogP contribution is 2.32. The van der Waals surface area contributed by atoms with E-state index in [1.54, 1.807) is 48.9 Å². The fraction of sp³-hybridized carbons (Fsp3) is 0. The van der Waals surface area contributed by atoms with Gasteiger partial charge in [0.2, 0.25) is 0 Å². The van der Waals surface area contributed by atoms with Crippen LogP contribution in [-0.2, 0) is 10.0 Å². The molecule has 4 rings (SSSR count). The van der Waals surface area contributed by atoms with Gasteiger partial charge in [0.25, 0.3) is 10.0 Å². The fourth-order valence-corrected chi connectivity index (χ4v) is 4.20. The Labute approximate surface area is 140 Å². The third kappa shape index (κ3) is 2.30. The Morgan fingerprint density at radius 1 is 0.833 bits per heavy atom. The lowest BCUT2D eigenvalue weighted by Crippen LogP contribution is -2.11. The van der Waals surface area contributed by atoms with E-state index in [4.69, 9.17) is 0 Å². The second-order valence-corrected chi connectivity index (χ2v) is 7.23.